The minimum Gasteiger partial charge on any atom is -0.507 e. The fourth-order valence-corrected chi connectivity index (χ4v) is 3.24. The van der Waals surface area contributed by atoms with E-state index in [1.54, 1.807) is 24.7 Å². The van der Waals surface area contributed by atoms with Crippen molar-refractivity contribution in [2.45, 2.75) is 18.9 Å². The van der Waals surface area contributed by atoms with E-state index in [-0.39, 0.29) is 5.75 Å². The van der Waals surface area contributed by atoms with Crippen LogP contribution in [0.15, 0.2) is 36.8 Å². The number of hydrogen-bond donors (Lipinski definition) is 2. The molecule has 2 aromatic heterocycles. The molecule has 1 saturated heterocycles. The smallest absolute Gasteiger partial charge is 0.245 e. The third-order valence-electron chi connectivity index (χ3n) is 4.75. The minimum absolute atomic E-state index is 0.149. The first-order valence-electron chi connectivity index (χ1n) is 8.43. The lowest BCUT2D eigenvalue weighted by Crippen LogP contribution is -2.41. The molecule has 1 aliphatic heterocycles. The van der Waals surface area contributed by atoms with Crippen molar-refractivity contribution in [2.24, 2.45) is 0 Å². The summed E-state index contributed by atoms with van der Waals surface area (Å²) in [5, 5.41) is 24.1. The van der Waals surface area contributed by atoms with Gasteiger partial charge in [0, 0.05) is 36.4 Å². The lowest BCUT2D eigenvalue weighted by Gasteiger charge is -2.31. The maximum absolute atomic E-state index is 10.3. The number of phenols is 1. The van der Waals surface area contributed by atoms with Crippen molar-refractivity contribution >= 4 is 16.7 Å². The van der Waals surface area contributed by atoms with Gasteiger partial charge in [0.25, 0.3) is 0 Å². The highest BCUT2D eigenvalue weighted by molar-refractivity contribution is 5.89. The van der Waals surface area contributed by atoms with Gasteiger partial charge < -0.3 is 15.3 Å². The number of rotatable bonds is 3. The van der Waals surface area contributed by atoms with Crippen LogP contribution in [-0.4, -0.2) is 51.5 Å². The molecule has 128 valence electrons. The molecule has 0 bridgehead atoms. The van der Waals surface area contributed by atoms with Gasteiger partial charge >= 0.3 is 0 Å². The number of phenolic OH excluding ortho intramolecular Hbond substituents is 1. The Kier molecular flexibility index (Phi) is 4.15. The third kappa shape index (κ3) is 3.10. The Morgan fingerprint density at radius 2 is 1.96 bits per heavy atom. The van der Waals surface area contributed by atoms with Crippen LogP contribution in [0.1, 0.15) is 12.8 Å². The second kappa shape index (κ2) is 6.60. The lowest BCUT2D eigenvalue weighted by atomic mass is 10.1. The van der Waals surface area contributed by atoms with Gasteiger partial charge in [-0.2, -0.15) is 0 Å². The van der Waals surface area contributed by atoms with E-state index in [2.05, 4.69) is 30.4 Å². The number of anilines is 1. The van der Waals surface area contributed by atoms with E-state index < -0.39 is 0 Å². The highest BCUT2D eigenvalue weighted by atomic mass is 16.3. The number of piperidine rings is 1. The standard InChI is InChI=1S/C18H20N6O/c1-24(14-3-6-19-7-4-14)18-21-11-16(22-23-18)15-8-12-2-5-20-10-13(12)9-17(15)25/h2,5,8-11,14,19,25H,3-4,6-7H2,1H3. The molecular formula is C18H20N6O. The SMILES string of the molecule is CN(c1ncc(-c2cc3ccncc3cc2O)nn1)C1CCNCC1. The van der Waals surface area contributed by atoms with E-state index in [1.165, 1.54) is 0 Å². The number of nitrogens with zero attached hydrogens (tertiary/aromatic N) is 5. The molecular weight excluding hydrogens is 316 g/mol. The average molecular weight is 336 g/mol. The zero-order chi connectivity index (χ0) is 17.2. The van der Waals surface area contributed by atoms with Gasteiger partial charge in [0.2, 0.25) is 5.95 Å². The number of hydrogen-bond acceptors (Lipinski definition) is 7. The molecule has 0 aliphatic carbocycles. The first-order valence-corrected chi connectivity index (χ1v) is 8.43. The number of fused-ring (bicyclic) bond motifs is 1. The highest BCUT2D eigenvalue weighted by Gasteiger charge is 2.20. The van der Waals surface area contributed by atoms with Crippen LogP contribution in [0.25, 0.3) is 22.0 Å². The third-order valence-corrected chi connectivity index (χ3v) is 4.75. The predicted molar refractivity (Wildman–Crippen MR) is 96.5 cm³/mol. The number of aromatic hydroxyl groups is 1. The molecule has 0 spiro atoms. The van der Waals surface area contributed by atoms with Crippen molar-refractivity contribution in [1.29, 1.82) is 0 Å². The van der Waals surface area contributed by atoms with Gasteiger partial charge in [-0.1, -0.05) is 0 Å². The molecule has 1 aromatic carbocycles. The summed E-state index contributed by atoms with van der Waals surface area (Å²) < 4.78 is 0. The van der Waals surface area contributed by atoms with Crippen LogP contribution < -0.4 is 10.2 Å². The van der Waals surface area contributed by atoms with Crippen molar-refractivity contribution in [3.8, 4) is 17.0 Å². The zero-order valence-corrected chi connectivity index (χ0v) is 14.1. The molecule has 0 saturated carbocycles. The Balaban J connectivity index is 1.62. The van der Waals surface area contributed by atoms with Crippen molar-refractivity contribution in [3.63, 3.8) is 0 Å². The van der Waals surface area contributed by atoms with E-state index in [9.17, 15) is 5.11 Å². The van der Waals surface area contributed by atoms with Gasteiger partial charge in [0.05, 0.1) is 6.20 Å². The molecule has 7 heteroatoms. The van der Waals surface area contributed by atoms with Crippen LogP contribution in [0.2, 0.25) is 0 Å². The predicted octanol–water partition coefficient (Wildman–Crippen LogP) is 1.98. The maximum Gasteiger partial charge on any atom is 0.245 e. The second-order valence-electron chi connectivity index (χ2n) is 6.33. The lowest BCUT2D eigenvalue weighted by molar-refractivity contribution is 0.439. The molecule has 4 rings (SSSR count). The molecule has 1 fully saturated rings. The molecule has 0 atom stereocenters. The summed E-state index contributed by atoms with van der Waals surface area (Å²) in [6, 6.07) is 5.90. The Morgan fingerprint density at radius 1 is 1.12 bits per heavy atom. The van der Waals surface area contributed by atoms with Crippen LogP contribution in [0.4, 0.5) is 5.95 Å². The van der Waals surface area contributed by atoms with Gasteiger partial charge in [-0.15, -0.1) is 10.2 Å². The van der Waals surface area contributed by atoms with Crippen LogP contribution >= 0.6 is 0 Å². The van der Waals surface area contributed by atoms with E-state index in [1.807, 2.05) is 19.2 Å². The van der Waals surface area contributed by atoms with Crippen molar-refractivity contribution < 1.29 is 5.11 Å². The van der Waals surface area contributed by atoms with Gasteiger partial charge in [-0.05, 0) is 49.5 Å². The molecule has 7 nitrogen and oxygen atoms in total. The van der Waals surface area contributed by atoms with E-state index in [0.717, 1.165) is 36.7 Å². The summed E-state index contributed by atoms with van der Waals surface area (Å²) in [6.07, 6.45) is 7.26. The number of benzene rings is 1. The molecule has 25 heavy (non-hydrogen) atoms. The van der Waals surface area contributed by atoms with Gasteiger partial charge in [-0.3, -0.25) is 4.98 Å². The molecule has 2 N–H and O–H groups in total. The van der Waals surface area contributed by atoms with E-state index >= 15 is 0 Å². The second-order valence-corrected chi connectivity index (χ2v) is 6.33. The Bertz CT molecular complexity index is 876. The molecule has 1 aliphatic rings. The molecule has 0 unspecified atom stereocenters. The van der Waals surface area contributed by atoms with Gasteiger partial charge in [0.15, 0.2) is 0 Å². The average Bonchev–Trinajstić information content (AvgIpc) is 2.68. The largest absolute Gasteiger partial charge is 0.507 e. The first-order chi connectivity index (χ1) is 12.2. The fourth-order valence-electron chi connectivity index (χ4n) is 3.24. The summed E-state index contributed by atoms with van der Waals surface area (Å²) in [5.41, 5.74) is 1.17. The van der Waals surface area contributed by atoms with Gasteiger partial charge in [-0.25, -0.2) is 4.98 Å². The van der Waals surface area contributed by atoms with Crippen LogP contribution in [0, 0.1) is 0 Å². The van der Waals surface area contributed by atoms with Crippen molar-refractivity contribution in [1.82, 2.24) is 25.5 Å². The molecule has 3 aromatic rings. The number of aromatic nitrogens is 4. The Hall–Kier alpha value is -2.80. The normalized spacial score (nSPS) is 15.4. The van der Waals surface area contributed by atoms with Crippen LogP contribution in [0.3, 0.4) is 0 Å². The van der Waals surface area contributed by atoms with E-state index in [0.29, 0.717) is 23.2 Å². The number of nitrogens with one attached hydrogen (secondary N) is 1. The topological polar surface area (TPSA) is 87.1 Å². The van der Waals surface area contributed by atoms with Crippen molar-refractivity contribution in [2.75, 3.05) is 25.0 Å². The Labute approximate surface area is 145 Å². The molecule has 0 radical (unpaired) electrons. The van der Waals surface area contributed by atoms with E-state index in [4.69, 9.17) is 0 Å². The quantitative estimate of drug-likeness (QED) is 0.756. The Morgan fingerprint density at radius 3 is 2.72 bits per heavy atom. The molecule has 3 heterocycles. The number of pyridine rings is 1. The van der Waals surface area contributed by atoms with Gasteiger partial charge in [0.1, 0.15) is 11.4 Å². The highest BCUT2D eigenvalue weighted by Crippen LogP contribution is 2.31. The molecule has 0 amide bonds. The summed E-state index contributed by atoms with van der Waals surface area (Å²) in [7, 11) is 2.01. The minimum atomic E-state index is 0.149. The zero-order valence-electron chi connectivity index (χ0n) is 14.1. The maximum atomic E-state index is 10.3. The summed E-state index contributed by atoms with van der Waals surface area (Å²) in [6.45, 7) is 2.03. The fraction of sp³-hybridized carbons (Fsp3) is 0.333. The van der Waals surface area contributed by atoms with Crippen LogP contribution in [-0.2, 0) is 0 Å². The van der Waals surface area contributed by atoms with Crippen LogP contribution in [0.5, 0.6) is 5.75 Å². The summed E-state index contributed by atoms with van der Waals surface area (Å²) >= 11 is 0. The monoisotopic (exact) mass is 336 g/mol. The first kappa shape index (κ1) is 15.7. The van der Waals surface area contributed by atoms with Crippen molar-refractivity contribution in [3.05, 3.63) is 36.8 Å². The summed E-state index contributed by atoms with van der Waals surface area (Å²) in [4.78, 5) is 10.6. The summed E-state index contributed by atoms with van der Waals surface area (Å²) in [5.74, 6) is 0.760.